The zero-order valence-electron chi connectivity index (χ0n) is 12.9. The predicted octanol–water partition coefficient (Wildman–Crippen LogP) is 2.29. The van der Waals surface area contributed by atoms with Gasteiger partial charge in [0, 0.05) is 17.5 Å². The summed E-state index contributed by atoms with van der Waals surface area (Å²) in [4.78, 5) is 16.0. The van der Waals surface area contributed by atoms with E-state index in [1.807, 2.05) is 37.3 Å². The molecule has 1 aromatic heterocycles. The van der Waals surface area contributed by atoms with Gasteiger partial charge in [-0.25, -0.2) is 13.4 Å². The van der Waals surface area contributed by atoms with Crippen molar-refractivity contribution in [1.82, 2.24) is 9.29 Å². The van der Waals surface area contributed by atoms with Gasteiger partial charge in [-0.1, -0.05) is 37.3 Å². The molecule has 2 bridgehead atoms. The normalized spacial score (nSPS) is 29.4. The molecule has 3 aliphatic rings. The number of fused-ring (bicyclic) bond motifs is 1. The van der Waals surface area contributed by atoms with Gasteiger partial charge in [0.25, 0.3) is 10.0 Å². The lowest BCUT2D eigenvalue weighted by atomic mass is 9.64. The van der Waals surface area contributed by atoms with E-state index in [2.05, 4.69) is 4.98 Å². The van der Waals surface area contributed by atoms with E-state index in [4.69, 9.17) is 0 Å². The molecule has 126 valence electrons. The SMILES string of the molecule is C[C@@H]1[C@@H]2CN(S(=O)(=O)c3csc(-c4ccccc4)n3)[C@@]1(C(=O)O)C2. The molecule has 1 saturated carbocycles. The number of carbonyl (C=O) groups is 1. The first kappa shape index (κ1) is 15.7. The van der Waals surface area contributed by atoms with Crippen molar-refractivity contribution in [3.05, 3.63) is 35.7 Å². The van der Waals surface area contributed by atoms with E-state index in [-0.39, 0.29) is 23.4 Å². The van der Waals surface area contributed by atoms with Crippen LogP contribution in [0.4, 0.5) is 0 Å². The number of carboxylic acids is 1. The van der Waals surface area contributed by atoms with Crippen molar-refractivity contribution in [3.63, 3.8) is 0 Å². The summed E-state index contributed by atoms with van der Waals surface area (Å²) in [5.74, 6) is -1.12. The van der Waals surface area contributed by atoms with E-state index in [0.717, 1.165) is 9.87 Å². The molecule has 0 amide bonds. The summed E-state index contributed by atoms with van der Waals surface area (Å²) in [7, 11) is -3.92. The minimum Gasteiger partial charge on any atom is -0.480 e. The third kappa shape index (κ3) is 1.93. The molecule has 1 N–H and O–H groups in total. The number of sulfonamides is 1. The molecule has 0 unspecified atom stereocenters. The van der Waals surface area contributed by atoms with E-state index in [1.165, 1.54) is 16.7 Å². The number of aliphatic carboxylic acids is 1. The predicted molar refractivity (Wildman–Crippen MR) is 89.1 cm³/mol. The molecule has 6 nitrogen and oxygen atoms in total. The first-order valence-corrected chi connectivity index (χ1v) is 9.96. The maximum atomic E-state index is 13.0. The molecule has 8 heteroatoms. The number of rotatable bonds is 4. The molecule has 2 aromatic rings. The number of nitrogens with zero attached hydrogens (tertiary/aromatic N) is 2. The van der Waals surface area contributed by atoms with Gasteiger partial charge in [0.1, 0.15) is 10.5 Å². The molecule has 0 radical (unpaired) electrons. The van der Waals surface area contributed by atoms with E-state index in [9.17, 15) is 18.3 Å². The van der Waals surface area contributed by atoms with Crippen molar-refractivity contribution < 1.29 is 18.3 Å². The number of aromatic nitrogens is 1. The van der Waals surface area contributed by atoms with Gasteiger partial charge in [-0.05, 0) is 18.3 Å². The Bertz CT molecular complexity index is 909. The minimum absolute atomic E-state index is 0.0632. The number of thiazole rings is 1. The molecular formula is C16H16N2O4S2. The lowest BCUT2D eigenvalue weighted by Gasteiger charge is -2.43. The standard InChI is InChI=1S/C16H16N2O4S2/c1-10-12-7-16(10,15(19)20)18(8-12)24(21,22)13-9-23-14(17-13)11-5-3-2-4-6-11/h2-6,9-10,12H,7-8H2,1H3,(H,19,20)/t10-,12+,16+/m1/s1. The van der Waals surface area contributed by atoms with Crippen molar-refractivity contribution in [2.45, 2.75) is 23.9 Å². The molecule has 0 spiro atoms. The van der Waals surface area contributed by atoms with Gasteiger partial charge in [-0.3, -0.25) is 4.79 Å². The average molecular weight is 364 g/mol. The summed E-state index contributed by atoms with van der Waals surface area (Å²) in [6.07, 6.45) is 0.387. The topological polar surface area (TPSA) is 87.6 Å². The van der Waals surface area contributed by atoms with E-state index in [1.54, 1.807) is 0 Å². The van der Waals surface area contributed by atoms with Crippen LogP contribution >= 0.6 is 11.3 Å². The van der Waals surface area contributed by atoms with Crippen LogP contribution in [0.15, 0.2) is 40.7 Å². The Labute approximate surface area is 143 Å². The molecular weight excluding hydrogens is 348 g/mol. The van der Waals surface area contributed by atoms with Gasteiger partial charge < -0.3 is 5.11 Å². The van der Waals surface area contributed by atoms with Crippen molar-refractivity contribution in [2.75, 3.05) is 6.54 Å². The summed E-state index contributed by atoms with van der Waals surface area (Å²) in [5.41, 5.74) is -0.462. The summed E-state index contributed by atoms with van der Waals surface area (Å²) in [6.45, 7) is 2.07. The molecule has 3 fully saturated rings. The number of carboxylic acid groups (broad SMARTS) is 1. The van der Waals surface area contributed by atoms with Crippen LogP contribution in [-0.2, 0) is 14.8 Å². The Morgan fingerprint density at radius 3 is 2.71 bits per heavy atom. The lowest BCUT2D eigenvalue weighted by molar-refractivity contribution is -0.154. The van der Waals surface area contributed by atoms with E-state index >= 15 is 0 Å². The van der Waals surface area contributed by atoms with Gasteiger partial charge >= 0.3 is 5.97 Å². The number of hydrogen-bond donors (Lipinski definition) is 1. The third-order valence-corrected chi connectivity index (χ3v) is 8.14. The number of benzene rings is 1. The summed E-state index contributed by atoms with van der Waals surface area (Å²) in [6, 6.07) is 9.33. The highest BCUT2D eigenvalue weighted by atomic mass is 32.2. The fourth-order valence-electron chi connectivity index (χ4n) is 3.82. The first-order valence-electron chi connectivity index (χ1n) is 7.64. The fraction of sp³-hybridized carbons (Fsp3) is 0.375. The second kappa shape index (κ2) is 5.11. The molecule has 2 saturated heterocycles. The Morgan fingerprint density at radius 2 is 2.08 bits per heavy atom. The Morgan fingerprint density at radius 1 is 1.38 bits per heavy atom. The second-order valence-electron chi connectivity index (χ2n) is 6.38. The quantitative estimate of drug-likeness (QED) is 0.899. The molecule has 1 aromatic carbocycles. The van der Waals surface area contributed by atoms with Crippen molar-refractivity contribution in [3.8, 4) is 10.6 Å². The molecule has 1 aliphatic carbocycles. The zero-order chi connectivity index (χ0) is 17.1. The van der Waals surface area contributed by atoms with Crippen LogP contribution in [0, 0.1) is 11.8 Å². The first-order chi connectivity index (χ1) is 11.4. The van der Waals surface area contributed by atoms with Gasteiger partial charge in [0.05, 0.1) is 0 Å². The minimum atomic E-state index is -3.92. The molecule has 3 atom stereocenters. The highest BCUT2D eigenvalue weighted by Gasteiger charge is 2.70. The van der Waals surface area contributed by atoms with Crippen LogP contribution in [0.1, 0.15) is 13.3 Å². The summed E-state index contributed by atoms with van der Waals surface area (Å²) < 4.78 is 27.1. The summed E-state index contributed by atoms with van der Waals surface area (Å²) in [5, 5.41) is 11.7. The van der Waals surface area contributed by atoms with Crippen LogP contribution in [0.25, 0.3) is 10.6 Å². The van der Waals surface area contributed by atoms with Crippen LogP contribution in [-0.4, -0.2) is 40.9 Å². The third-order valence-electron chi connectivity index (χ3n) is 5.31. The van der Waals surface area contributed by atoms with Crippen molar-refractivity contribution in [1.29, 1.82) is 0 Å². The lowest BCUT2D eigenvalue weighted by Crippen LogP contribution is -2.59. The maximum Gasteiger partial charge on any atom is 0.325 e. The maximum absolute atomic E-state index is 13.0. The highest BCUT2D eigenvalue weighted by Crippen LogP contribution is 2.57. The van der Waals surface area contributed by atoms with Crippen molar-refractivity contribution >= 4 is 27.3 Å². The smallest absolute Gasteiger partial charge is 0.325 e. The summed E-state index contributed by atoms with van der Waals surface area (Å²) >= 11 is 1.25. The largest absolute Gasteiger partial charge is 0.480 e. The highest BCUT2D eigenvalue weighted by molar-refractivity contribution is 7.89. The number of hydrogen-bond acceptors (Lipinski definition) is 5. The zero-order valence-corrected chi connectivity index (χ0v) is 14.5. The Kier molecular flexibility index (Phi) is 3.35. The average Bonchev–Trinajstić information content (AvgIpc) is 3.27. The molecule has 2 aliphatic heterocycles. The Hall–Kier alpha value is -1.77. The van der Waals surface area contributed by atoms with Crippen LogP contribution in [0.5, 0.6) is 0 Å². The molecule has 5 rings (SSSR count). The molecule has 3 heterocycles. The monoisotopic (exact) mass is 364 g/mol. The van der Waals surface area contributed by atoms with Gasteiger partial charge in [-0.15, -0.1) is 11.3 Å². The van der Waals surface area contributed by atoms with Gasteiger partial charge in [0.15, 0.2) is 5.03 Å². The molecule has 24 heavy (non-hydrogen) atoms. The van der Waals surface area contributed by atoms with Crippen molar-refractivity contribution in [2.24, 2.45) is 11.8 Å². The van der Waals surface area contributed by atoms with Crippen LogP contribution < -0.4 is 0 Å². The van der Waals surface area contributed by atoms with E-state index < -0.39 is 21.5 Å². The van der Waals surface area contributed by atoms with Crippen LogP contribution in [0.3, 0.4) is 0 Å². The van der Waals surface area contributed by atoms with Crippen LogP contribution in [0.2, 0.25) is 0 Å². The van der Waals surface area contributed by atoms with Gasteiger partial charge in [-0.2, -0.15) is 4.31 Å². The Balaban J connectivity index is 1.72. The fourth-order valence-corrected chi connectivity index (χ4v) is 6.77. The second-order valence-corrected chi connectivity index (χ2v) is 9.04. The van der Waals surface area contributed by atoms with Gasteiger partial charge in [0.2, 0.25) is 0 Å². The van der Waals surface area contributed by atoms with E-state index in [0.29, 0.717) is 11.4 Å².